The van der Waals surface area contributed by atoms with Crippen molar-refractivity contribution in [3.05, 3.63) is 11.7 Å². The van der Waals surface area contributed by atoms with Gasteiger partial charge in [0.25, 0.3) is 0 Å². The molecule has 2 aliphatic heterocycles. The summed E-state index contributed by atoms with van der Waals surface area (Å²) >= 11 is 0. The molecule has 1 amide bonds. The molecule has 0 bridgehead atoms. The maximum atomic E-state index is 12.0. The molecule has 0 aromatic carbocycles. The van der Waals surface area contributed by atoms with Crippen LogP contribution in [0.15, 0.2) is 4.52 Å². The zero-order valence-electron chi connectivity index (χ0n) is 13.0. The van der Waals surface area contributed by atoms with Crippen LogP contribution in [-0.4, -0.2) is 61.0 Å². The third-order valence-corrected chi connectivity index (χ3v) is 4.45. The summed E-state index contributed by atoms with van der Waals surface area (Å²) in [5.41, 5.74) is 0. The van der Waals surface area contributed by atoms with Gasteiger partial charge in [-0.05, 0) is 19.3 Å². The van der Waals surface area contributed by atoms with Crippen LogP contribution in [0.25, 0.3) is 0 Å². The molecule has 3 rings (SSSR count). The van der Waals surface area contributed by atoms with E-state index in [4.69, 9.17) is 14.0 Å². The molecule has 22 heavy (non-hydrogen) atoms. The minimum Gasteiger partial charge on any atom is -0.384 e. The van der Waals surface area contributed by atoms with Gasteiger partial charge in [0.1, 0.15) is 0 Å². The second-order valence-electron chi connectivity index (χ2n) is 5.95. The van der Waals surface area contributed by atoms with Gasteiger partial charge in [-0.2, -0.15) is 4.98 Å². The van der Waals surface area contributed by atoms with Crippen LogP contribution in [-0.2, 0) is 14.3 Å². The molecule has 1 aromatic rings. The largest absolute Gasteiger partial charge is 0.384 e. The Balaban J connectivity index is 1.56. The monoisotopic (exact) mass is 309 g/mol. The van der Waals surface area contributed by atoms with Crippen LogP contribution in [0, 0.1) is 0 Å². The second-order valence-corrected chi connectivity index (χ2v) is 5.95. The zero-order valence-corrected chi connectivity index (χ0v) is 13.0. The van der Waals surface area contributed by atoms with Crippen LogP contribution < -0.4 is 0 Å². The molecule has 0 radical (unpaired) electrons. The lowest BCUT2D eigenvalue weighted by Crippen LogP contribution is -2.29. The highest BCUT2D eigenvalue weighted by Gasteiger charge is 2.31. The highest BCUT2D eigenvalue weighted by Crippen LogP contribution is 2.29. The summed E-state index contributed by atoms with van der Waals surface area (Å²) in [5.74, 6) is 2.10. The Morgan fingerprint density at radius 1 is 1.32 bits per heavy atom. The number of methoxy groups -OCH3 is 1. The Labute approximate surface area is 129 Å². The van der Waals surface area contributed by atoms with E-state index in [1.807, 2.05) is 4.90 Å². The number of likely N-dealkylation sites (tertiary alicyclic amines) is 1. The van der Waals surface area contributed by atoms with Gasteiger partial charge in [-0.25, -0.2) is 0 Å². The summed E-state index contributed by atoms with van der Waals surface area (Å²) in [5, 5.41) is 4.14. The van der Waals surface area contributed by atoms with Gasteiger partial charge in [0, 0.05) is 39.3 Å². The predicted molar refractivity (Wildman–Crippen MR) is 77.5 cm³/mol. The van der Waals surface area contributed by atoms with Crippen molar-refractivity contribution in [2.45, 2.75) is 37.5 Å². The summed E-state index contributed by atoms with van der Waals surface area (Å²) < 4.78 is 15.8. The molecule has 2 aliphatic rings. The molecule has 7 heteroatoms. The average molecular weight is 309 g/mol. The van der Waals surface area contributed by atoms with Crippen molar-refractivity contribution >= 4 is 5.91 Å². The molecular formula is C15H23N3O4. The quantitative estimate of drug-likeness (QED) is 0.816. The number of hydrogen-bond donors (Lipinski definition) is 0. The Morgan fingerprint density at radius 2 is 2.14 bits per heavy atom. The van der Waals surface area contributed by atoms with E-state index in [-0.39, 0.29) is 11.8 Å². The van der Waals surface area contributed by atoms with Crippen molar-refractivity contribution in [1.82, 2.24) is 15.0 Å². The number of ether oxygens (including phenoxy) is 2. The molecular weight excluding hydrogens is 286 g/mol. The van der Waals surface area contributed by atoms with Crippen molar-refractivity contribution in [2.24, 2.45) is 0 Å². The molecule has 122 valence electrons. The van der Waals surface area contributed by atoms with Gasteiger partial charge in [0.05, 0.1) is 18.9 Å². The Morgan fingerprint density at radius 3 is 2.91 bits per heavy atom. The number of rotatable bonds is 5. The lowest BCUT2D eigenvalue weighted by molar-refractivity contribution is -0.131. The molecule has 1 aromatic heterocycles. The Hall–Kier alpha value is -1.47. The fourth-order valence-corrected chi connectivity index (χ4v) is 3.07. The molecule has 0 spiro atoms. The van der Waals surface area contributed by atoms with Crippen molar-refractivity contribution < 1.29 is 18.8 Å². The summed E-state index contributed by atoms with van der Waals surface area (Å²) in [6.07, 6.45) is 3.21. The van der Waals surface area contributed by atoms with Crippen LogP contribution in [0.5, 0.6) is 0 Å². The van der Waals surface area contributed by atoms with Gasteiger partial charge in [-0.3, -0.25) is 4.79 Å². The minimum absolute atomic E-state index is 0.133. The zero-order chi connectivity index (χ0) is 15.4. The highest BCUT2D eigenvalue weighted by atomic mass is 16.5. The van der Waals surface area contributed by atoms with Gasteiger partial charge >= 0.3 is 0 Å². The summed E-state index contributed by atoms with van der Waals surface area (Å²) in [7, 11) is 1.61. The van der Waals surface area contributed by atoms with Gasteiger partial charge in [0.15, 0.2) is 5.82 Å². The fourth-order valence-electron chi connectivity index (χ4n) is 3.07. The van der Waals surface area contributed by atoms with Crippen LogP contribution in [0.1, 0.15) is 49.2 Å². The first-order valence-electron chi connectivity index (χ1n) is 7.96. The van der Waals surface area contributed by atoms with Crippen LogP contribution in [0.2, 0.25) is 0 Å². The summed E-state index contributed by atoms with van der Waals surface area (Å²) in [4.78, 5) is 18.4. The van der Waals surface area contributed by atoms with Gasteiger partial charge in [0.2, 0.25) is 11.8 Å². The number of hydrogen-bond acceptors (Lipinski definition) is 6. The summed E-state index contributed by atoms with van der Waals surface area (Å²) in [6.45, 7) is 3.41. The van der Waals surface area contributed by atoms with E-state index in [0.717, 1.165) is 44.8 Å². The van der Waals surface area contributed by atoms with E-state index in [0.29, 0.717) is 31.4 Å². The van der Waals surface area contributed by atoms with Crippen LogP contribution in [0.3, 0.4) is 0 Å². The Bertz CT molecular complexity index is 499. The molecule has 0 aliphatic carbocycles. The highest BCUT2D eigenvalue weighted by molar-refractivity contribution is 5.76. The Kier molecular flexibility index (Phi) is 5.04. The average Bonchev–Trinajstić information content (AvgIpc) is 3.22. The lowest BCUT2D eigenvalue weighted by atomic mass is 10.00. The maximum absolute atomic E-state index is 12.0. The number of aromatic nitrogens is 2. The molecule has 2 saturated heterocycles. The summed E-state index contributed by atoms with van der Waals surface area (Å²) in [6, 6.07) is 0. The first-order chi connectivity index (χ1) is 10.8. The number of carbonyl (C=O) groups is 1. The number of amides is 1. The van der Waals surface area contributed by atoms with E-state index >= 15 is 0 Å². The molecule has 1 unspecified atom stereocenters. The molecule has 7 nitrogen and oxygen atoms in total. The smallest absolute Gasteiger partial charge is 0.231 e. The van der Waals surface area contributed by atoms with Gasteiger partial charge in [-0.15, -0.1) is 0 Å². The maximum Gasteiger partial charge on any atom is 0.231 e. The van der Waals surface area contributed by atoms with Crippen LogP contribution >= 0.6 is 0 Å². The van der Waals surface area contributed by atoms with E-state index < -0.39 is 0 Å². The van der Waals surface area contributed by atoms with E-state index in [1.54, 1.807) is 7.11 Å². The van der Waals surface area contributed by atoms with Gasteiger partial charge < -0.3 is 18.9 Å². The van der Waals surface area contributed by atoms with Gasteiger partial charge in [-0.1, -0.05) is 5.16 Å². The fraction of sp³-hybridized carbons (Fsp3) is 0.800. The molecule has 2 fully saturated rings. The second kappa shape index (κ2) is 7.19. The van der Waals surface area contributed by atoms with Crippen molar-refractivity contribution in [1.29, 1.82) is 0 Å². The number of carbonyl (C=O) groups excluding carboxylic acids is 1. The van der Waals surface area contributed by atoms with E-state index in [1.165, 1.54) is 0 Å². The topological polar surface area (TPSA) is 77.7 Å². The van der Waals surface area contributed by atoms with E-state index in [9.17, 15) is 4.79 Å². The standard InChI is InChI=1S/C15H23N3O4/c1-20-7-5-13(19)18-6-2-12(10-18)15-16-14(17-22-15)11-3-8-21-9-4-11/h11-12H,2-10H2,1H3. The number of nitrogens with zero attached hydrogens (tertiary/aromatic N) is 3. The molecule has 3 heterocycles. The predicted octanol–water partition coefficient (Wildman–Crippen LogP) is 1.32. The van der Waals surface area contributed by atoms with E-state index in [2.05, 4.69) is 10.1 Å². The minimum atomic E-state index is 0.133. The third-order valence-electron chi connectivity index (χ3n) is 4.45. The molecule has 0 N–H and O–H groups in total. The third kappa shape index (κ3) is 3.47. The van der Waals surface area contributed by atoms with Crippen molar-refractivity contribution in [2.75, 3.05) is 40.0 Å². The molecule has 1 atom stereocenters. The molecule has 0 saturated carbocycles. The SMILES string of the molecule is COCCC(=O)N1CCC(c2nc(C3CCOCC3)no2)C1. The lowest BCUT2D eigenvalue weighted by Gasteiger charge is -2.18. The normalized spacial score (nSPS) is 23.1. The first kappa shape index (κ1) is 15.4. The first-order valence-corrected chi connectivity index (χ1v) is 7.96. The van der Waals surface area contributed by atoms with Crippen molar-refractivity contribution in [3.8, 4) is 0 Å². The van der Waals surface area contributed by atoms with Crippen molar-refractivity contribution in [3.63, 3.8) is 0 Å². The van der Waals surface area contributed by atoms with Crippen LogP contribution in [0.4, 0.5) is 0 Å².